The minimum atomic E-state index is -4.84. The van der Waals surface area contributed by atoms with Gasteiger partial charge in [-0.1, -0.05) is 6.07 Å². The van der Waals surface area contributed by atoms with Crippen LogP contribution in [-0.2, 0) is 11.3 Å². The van der Waals surface area contributed by atoms with E-state index < -0.39 is 12.1 Å². The van der Waals surface area contributed by atoms with Crippen LogP contribution in [0.5, 0.6) is 0 Å². The fourth-order valence-corrected chi connectivity index (χ4v) is 1.61. The van der Waals surface area contributed by atoms with E-state index in [1.807, 2.05) is 0 Å². The number of hydrogen-bond acceptors (Lipinski definition) is 2. The number of hydrogen-bond donors (Lipinski definition) is 1. The first-order valence-electron chi connectivity index (χ1n) is 5.84. The van der Waals surface area contributed by atoms with Crippen molar-refractivity contribution in [3.8, 4) is 0 Å². The normalized spacial score (nSPS) is 11.4. The van der Waals surface area contributed by atoms with E-state index in [4.69, 9.17) is 0 Å². The zero-order chi connectivity index (χ0) is 14.5. The molecule has 0 bridgehead atoms. The zero-order valence-corrected chi connectivity index (χ0v) is 10.5. The molecule has 0 aromatic carbocycles. The molecule has 1 amide bonds. The number of amides is 1. The van der Waals surface area contributed by atoms with E-state index in [0.717, 1.165) is 5.69 Å². The van der Waals surface area contributed by atoms with Gasteiger partial charge in [0.25, 0.3) is 5.56 Å². The highest BCUT2D eigenvalue weighted by molar-refractivity contribution is 5.81. The lowest BCUT2D eigenvalue weighted by Crippen LogP contribution is -2.37. The summed E-state index contributed by atoms with van der Waals surface area (Å²) >= 11 is 0. The summed E-state index contributed by atoms with van der Waals surface area (Å²) in [6.45, 7) is 2.15. The van der Waals surface area contributed by atoms with Crippen LogP contribution in [0.25, 0.3) is 0 Å². The summed E-state index contributed by atoms with van der Waals surface area (Å²) < 4.78 is 37.2. The molecule has 1 aromatic rings. The lowest BCUT2D eigenvalue weighted by atomic mass is 10.2. The van der Waals surface area contributed by atoms with Crippen LogP contribution in [0.4, 0.5) is 13.2 Å². The van der Waals surface area contributed by atoms with Gasteiger partial charge in [-0.15, -0.1) is 0 Å². The van der Waals surface area contributed by atoms with Crippen molar-refractivity contribution in [3.63, 3.8) is 0 Å². The van der Waals surface area contributed by atoms with Crippen molar-refractivity contribution in [3.05, 3.63) is 34.2 Å². The van der Waals surface area contributed by atoms with Gasteiger partial charge in [0.1, 0.15) is 0 Å². The molecule has 0 saturated heterocycles. The van der Waals surface area contributed by atoms with Gasteiger partial charge >= 0.3 is 12.1 Å². The monoisotopic (exact) mass is 276 g/mol. The Labute approximate surface area is 108 Å². The third-order valence-electron chi connectivity index (χ3n) is 2.62. The number of rotatable bonds is 5. The third kappa shape index (κ3) is 4.76. The van der Waals surface area contributed by atoms with E-state index in [2.05, 4.69) is 0 Å². The Kier molecular flexibility index (Phi) is 5.14. The van der Waals surface area contributed by atoms with Gasteiger partial charge in [0.05, 0.1) is 0 Å². The number of pyridine rings is 1. The summed E-state index contributed by atoms with van der Waals surface area (Å²) in [5.74, 6) is -1.93. The molecule has 1 aromatic heterocycles. The Balaban J connectivity index is 2.33. The van der Waals surface area contributed by atoms with Gasteiger partial charge in [-0.25, -0.2) is 0 Å². The molecule has 0 spiro atoms. The fourth-order valence-electron chi connectivity index (χ4n) is 1.61. The molecule has 106 valence electrons. The molecule has 0 saturated carbocycles. The second-order valence-electron chi connectivity index (χ2n) is 4.12. The first-order valence-corrected chi connectivity index (χ1v) is 5.84. The quantitative estimate of drug-likeness (QED) is 0.831. The number of alkyl halides is 3. The van der Waals surface area contributed by atoms with Crippen LogP contribution in [0.2, 0.25) is 0 Å². The van der Waals surface area contributed by atoms with Crippen LogP contribution in [-0.4, -0.2) is 23.2 Å². The number of aryl methyl sites for hydroxylation is 1. The van der Waals surface area contributed by atoms with Crippen LogP contribution < -0.4 is 10.9 Å². The molecule has 0 fully saturated rings. The highest BCUT2D eigenvalue weighted by atomic mass is 19.4. The third-order valence-corrected chi connectivity index (χ3v) is 2.62. The highest BCUT2D eigenvalue weighted by Gasteiger charge is 2.38. The molecule has 0 atom stereocenters. The SMILES string of the molecule is Cc1cccc(=O)n1CCCCNC(=O)C(F)(F)F. The Morgan fingerprint density at radius 1 is 1.32 bits per heavy atom. The summed E-state index contributed by atoms with van der Waals surface area (Å²) in [7, 11) is 0. The van der Waals surface area contributed by atoms with Crippen LogP contribution in [0, 0.1) is 6.92 Å². The highest BCUT2D eigenvalue weighted by Crippen LogP contribution is 2.13. The molecule has 1 heterocycles. The summed E-state index contributed by atoms with van der Waals surface area (Å²) in [6, 6.07) is 4.86. The van der Waals surface area contributed by atoms with E-state index in [1.165, 1.54) is 6.07 Å². The number of aromatic nitrogens is 1. The number of nitrogens with one attached hydrogen (secondary N) is 1. The molecule has 19 heavy (non-hydrogen) atoms. The van der Waals surface area contributed by atoms with Gasteiger partial charge in [-0.05, 0) is 25.8 Å². The predicted molar refractivity (Wildman–Crippen MR) is 63.7 cm³/mol. The first-order chi connectivity index (χ1) is 8.82. The molecule has 0 aliphatic carbocycles. The first kappa shape index (κ1) is 15.3. The molecule has 1 N–H and O–H groups in total. The van der Waals surface area contributed by atoms with Gasteiger partial charge in [-0.2, -0.15) is 13.2 Å². The van der Waals surface area contributed by atoms with Crippen molar-refractivity contribution in [2.75, 3.05) is 6.54 Å². The van der Waals surface area contributed by atoms with Crippen LogP contribution >= 0.6 is 0 Å². The molecule has 0 radical (unpaired) electrons. The smallest absolute Gasteiger partial charge is 0.348 e. The summed E-state index contributed by atoms with van der Waals surface area (Å²) in [6.07, 6.45) is -3.95. The van der Waals surface area contributed by atoms with Crippen molar-refractivity contribution >= 4 is 5.91 Å². The van der Waals surface area contributed by atoms with Crippen molar-refractivity contribution in [1.29, 1.82) is 0 Å². The topological polar surface area (TPSA) is 51.1 Å². The molecule has 0 unspecified atom stereocenters. The largest absolute Gasteiger partial charge is 0.471 e. The number of carbonyl (C=O) groups excluding carboxylic acids is 1. The lowest BCUT2D eigenvalue weighted by Gasteiger charge is -2.10. The second kappa shape index (κ2) is 6.40. The van der Waals surface area contributed by atoms with Gasteiger partial charge in [0, 0.05) is 24.8 Å². The molecule has 0 aliphatic rings. The van der Waals surface area contributed by atoms with Crippen molar-refractivity contribution in [2.24, 2.45) is 0 Å². The summed E-state index contributed by atoms with van der Waals surface area (Å²) in [5, 5.41) is 1.79. The second-order valence-corrected chi connectivity index (χ2v) is 4.12. The standard InChI is InChI=1S/C12H15F3N2O2/c1-9-5-4-6-10(18)17(9)8-3-2-7-16-11(19)12(13,14)15/h4-6H,2-3,7-8H2,1H3,(H,16,19). The Morgan fingerprint density at radius 2 is 2.00 bits per heavy atom. The van der Waals surface area contributed by atoms with E-state index in [0.29, 0.717) is 19.4 Å². The maximum Gasteiger partial charge on any atom is 0.471 e. The van der Waals surface area contributed by atoms with Gasteiger partial charge in [-0.3, -0.25) is 9.59 Å². The lowest BCUT2D eigenvalue weighted by molar-refractivity contribution is -0.173. The van der Waals surface area contributed by atoms with E-state index in [-0.39, 0.29) is 12.1 Å². The Hall–Kier alpha value is -1.79. The minimum Gasteiger partial charge on any atom is -0.348 e. The number of halogens is 3. The average molecular weight is 276 g/mol. The van der Waals surface area contributed by atoms with Crippen molar-refractivity contribution < 1.29 is 18.0 Å². The summed E-state index contributed by atoms with van der Waals surface area (Å²) in [5.41, 5.74) is 0.658. The van der Waals surface area contributed by atoms with Crippen molar-refractivity contribution in [1.82, 2.24) is 9.88 Å². The molecular formula is C12H15F3N2O2. The van der Waals surface area contributed by atoms with Crippen molar-refractivity contribution in [2.45, 2.75) is 32.5 Å². The molecule has 0 aliphatic heterocycles. The Morgan fingerprint density at radius 3 is 2.58 bits per heavy atom. The Bertz CT molecular complexity index is 494. The van der Waals surface area contributed by atoms with E-state index >= 15 is 0 Å². The van der Waals surface area contributed by atoms with Gasteiger partial charge in [0.15, 0.2) is 0 Å². The zero-order valence-electron chi connectivity index (χ0n) is 10.5. The minimum absolute atomic E-state index is 0.0566. The molecule has 7 heteroatoms. The molecule has 1 rings (SSSR count). The number of unbranched alkanes of at least 4 members (excludes halogenated alkanes) is 1. The van der Waals surface area contributed by atoms with Gasteiger partial charge in [0.2, 0.25) is 0 Å². The number of nitrogens with zero attached hydrogens (tertiary/aromatic N) is 1. The number of carbonyl (C=O) groups is 1. The van der Waals surface area contributed by atoms with E-state index in [9.17, 15) is 22.8 Å². The van der Waals surface area contributed by atoms with Gasteiger partial charge < -0.3 is 9.88 Å². The van der Waals surface area contributed by atoms with E-state index in [1.54, 1.807) is 28.9 Å². The molecular weight excluding hydrogens is 261 g/mol. The van der Waals surface area contributed by atoms with Crippen LogP contribution in [0.3, 0.4) is 0 Å². The van der Waals surface area contributed by atoms with Crippen LogP contribution in [0.15, 0.2) is 23.0 Å². The fraction of sp³-hybridized carbons (Fsp3) is 0.500. The average Bonchev–Trinajstić information content (AvgIpc) is 2.30. The summed E-state index contributed by atoms with van der Waals surface area (Å²) in [4.78, 5) is 22.0. The predicted octanol–water partition coefficient (Wildman–Crippen LogP) is 1.62. The van der Waals surface area contributed by atoms with Crippen LogP contribution in [0.1, 0.15) is 18.5 Å². The maximum atomic E-state index is 11.9. The molecule has 4 nitrogen and oxygen atoms in total. The maximum absolute atomic E-state index is 11.9.